The molecular weight excluding hydrogens is 370 g/mol. The summed E-state index contributed by atoms with van der Waals surface area (Å²) in [4.78, 5) is 27.7. The first-order chi connectivity index (χ1) is 14.3. The normalized spacial score (nSPS) is 14.3. The quantitative estimate of drug-likeness (QED) is 0.551. The van der Waals surface area contributed by atoms with E-state index in [1.165, 1.54) is 6.20 Å². The summed E-state index contributed by atoms with van der Waals surface area (Å²) >= 11 is 0. The minimum Gasteiger partial charge on any atom is -0.418 e. The van der Waals surface area contributed by atoms with E-state index in [1.54, 1.807) is 23.3 Å². The van der Waals surface area contributed by atoms with E-state index >= 15 is 0 Å². The molecule has 0 spiro atoms. The number of rotatable bonds is 4. The van der Waals surface area contributed by atoms with E-state index < -0.39 is 0 Å². The van der Waals surface area contributed by atoms with Crippen LogP contribution in [0.5, 0.6) is 0 Å². The SMILES string of the molecule is O=C(Nc1cnccc1N1CCNCC1)c1cnc(-n2cnc3ccccc32)o1. The molecule has 9 nitrogen and oxygen atoms in total. The lowest BCUT2D eigenvalue weighted by Gasteiger charge is -2.30. The van der Waals surface area contributed by atoms with E-state index in [2.05, 4.69) is 30.5 Å². The molecule has 146 valence electrons. The van der Waals surface area contributed by atoms with Gasteiger partial charge in [0.25, 0.3) is 5.91 Å². The number of carbonyl (C=O) groups excluding carboxylic acids is 1. The zero-order valence-corrected chi connectivity index (χ0v) is 15.6. The van der Waals surface area contributed by atoms with Gasteiger partial charge in [0.1, 0.15) is 6.33 Å². The topological polar surface area (TPSA) is 101 Å². The summed E-state index contributed by atoms with van der Waals surface area (Å²) in [5, 5.41) is 6.22. The number of aromatic nitrogens is 4. The number of nitrogens with zero attached hydrogens (tertiary/aromatic N) is 5. The average Bonchev–Trinajstić information content (AvgIpc) is 3.42. The molecule has 4 heterocycles. The van der Waals surface area contributed by atoms with Gasteiger partial charge in [-0.15, -0.1) is 0 Å². The third kappa shape index (κ3) is 3.32. The number of piperazine rings is 1. The van der Waals surface area contributed by atoms with E-state index in [-0.39, 0.29) is 17.7 Å². The van der Waals surface area contributed by atoms with Crippen LogP contribution in [0.1, 0.15) is 10.6 Å². The van der Waals surface area contributed by atoms with Crippen molar-refractivity contribution in [3.8, 4) is 6.01 Å². The highest BCUT2D eigenvalue weighted by Crippen LogP contribution is 2.26. The van der Waals surface area contributed by atoms with Crippen molar-refractivity contribution in [2.75, 3.05) is 36.4 Å². The van der Waals surface area contributed by atoms with Crippen LogP contribution >= 0.6 is 0 Å². The molecule has 1 amide bonds. The minimum atomic E-state index is -0.377. The smallest absolute Gasteiger partial charge is 0.308 e. The minimum absolute atomic E-state index is 0.118. The number of fused-ring (bicyclic) bond motifs is 1. The van der Waals surface area contributed by atoms with Crippen LogP contribution in [0.25, 0.3) is 17.0 Å². The summed E-state index contributed by atoms with van der Waals surface area (Å²) in [6.45, 7) is 3.54. The lowest BCUT2D eigenvalue weighted by molar-refractivity contribution is 0.0996. The number of amides is 1. The third-order valence-electron chi connectivity index (χ3n) is 4.88. The number of para-hydroxylation sites is 2. The lowest BCUT2D eigenvalue weighted by Crippen LogP contribution is -2.43. The summed E-state index contributed by atoms with van der Waals surface area (Å²) in [5.74, 6) is -0.259. The van der Waals surface area contributed by atoms with E-state index in [1.807, 2.05) is 30.3 Å². The van der Waals surface area contributed by atoms with Gasteiger partial charge >= 0.3 is 6.01 Å². The van der Waals surface area contributed by atoms with Crippen molar-refractivity contribution >= 4 is 28.3 Å². The Hall–Kier alpha value is -3.72. The molecule has 29 heavy (non-hydrogen) atoms. The molecule has 2 N–H and O–H groups in total. The number of hydrogen-bond donors (Lipinski definition) is 2. The fourth-order valence-electron chi connectivity index (χ4n) is 3.44. The second-order valence-corrected chi connectivity index (χ2v) is 6.69. The Kier molecular flexibility index (Phi) is 4.41. The Bertz CT molecular complexity index is 1160. The molecule has 1 fully saturated rings. The Morgan fingerprint density at radius 3 is 2.86 bits per heavy atom. The van der Waals surface area contributed by atoms with Crippen molar-refractivity contribution < 1.29 is 9.21 Å². The molecule has 1 saturated heterocycles. The molecular formula is C20H19N7O2. The van der Waals surface area contributed by atoms with Crippen LogP contribution in [-0.2, 0) is 0 Å². The highest BCUT2D eigenvalue weighted by Gasteiger charge is 2.19. The summed E-state index contributed by atoms with van der Waals surface area (Å²) in [6, 6.07) is 9.85. The maximum Gasteiger partial charge on any atom is 0.308 e. The summed E-state index contributed by atoms with van der Waals surface area (Å²) in [7, 11) is 0. The van der Waals surface area contributed by atoms with Crippen molar-refractivity contribution in [3.05, 3.63) is 61.0 Å². The monoisotopic (exact) mass is 389 g/mol. The fourth-order valence-corrected chi connectivity index (χ4v) is 3.44. The number of anilines is 2. The van der Waals surface area contributed by atoms with Crippen molar-refractivity contribution in [3.63, 3.8) is 0 Å². The first-order valence-corrected chi connectivity index (χ1v) is 9.39. The van der Waals surface area contributed by atoms with E-state index in [4.69, 9.17) is 4.42 Å². The van der Waals surface area contributed by atoms with E-state index in [0.29, 0.717) is 5.69 Å². The fraction of sp³-hybridized carbons (Fsp3) is 0.200. The Labute approximate surface area is 166 Å². The molecule has 5 rings (SSSR count). The second-order valence-electron chi connectivity index (χ2n) is 6.69. The Morgan fingerprint density at radius 2 is 1.97 bits per heavy atom. The standard InChI is InChI=1S/C20H19N7O2/c28-19(25-15-11-22-6-5-16(15)26-9-7-21-8-10-26)18-12-23-20(29-18)27-13-24-14-3-1-2-4-17(14)27/h1-6,11-13,21H,7-10H2,(H,25,28). The highest BCUT2D eigenvalue weighted by atomic mass is 16.4. The van der Waals surface area contributed by atoms with Gasteiger partial charge in [-0.05, 0) is 18.2 Å². The Balaban J connectivity index is 1.39. The van der Waals surface area contributed by atoms with E-state index in [9.17, 15) is 4.79 Å². The second kappa shape index (κ2) is 7.36. The zero-order chi connectivity index (χ0) is 19.6. The average molecular weight is 389 g/mol. The number of carbonyl (C=O) groups is 1. The van der Waals surface area contributed by atoms with Crippen molar-refractivity contribution in [2.24, 2.45) is 0 Å². The first kappa shape index (κ1) is 17.4. The zero-order valence-electron chi connectivity index (χ0n) is 15.6. The molecule has 3 aromatic heterocycles. The van der Waals surface area contributed by atoms with Crippen LogP contribution in [0.3, 0.4) is 0 Å². The van der Waals surface area contributed by atoms with Crippen LogP contribution in [0.4, 0.5) is 11.4 Å². The molecule has 0 unspecified atom stereocenters. The van der Waals surface area contributed by atoms with Gasteiger partial charge in [0.15, 0.2) is 0 Å². The van der Waals surface area contributed by atoms with Gasteiger partial charge in [0, 0.05) is 32.4 Å². The first-order valence-electron chi connectivity index (χ1n) is 9.39. The number of nitrogens with one attached hydrogen (secondary N) is 2. The highest BCUT2D eigenvalue weighted by molar-refractivity contribution is 6.04. The number of hydrogen-bond acceptors (Lipinski definition) is 7. The van der Waals surface area contributed by atoms with Gasteiger partial charge in [0.2, 0.25) is 5.76 Å². The maximum atomic E-state index is 12.8. The number of benzene rings is 1. The summed E-state index contributed by atoms with van der Waals surface area (Å²) in [5.41, 5.74) is 3.27. The van der Waals surface area contributed by atoms with Crippen LogP contribution in [0.2, 0.25) is 0 Å². The van der Waals surface area contributed by atoms with Gasteiger partial charge in [-0.2, -0.15) is 0 Å². The number of oxazole rings is 1. The predicted octanol–water partition coefficient (Wildman–Crippen LogP) is 2.07. The van der Waals surface area contributed by atoms with Crippen LogP contribution < -0.4 is 15.5 Å². The van der Waals surface area contributed by atoms with Crippen molar-refractivity contribution in [1.29, 1.82) is 0 Å². The molecule has 0 aliphatic carbocycles. The molecule has 0 radical (unpaired) electrons. The number of imidazole rings is 1. The van der Waals surface area contributed by atoms with Gasteiger partial charge in [-0.1, -0.05) is 12.1 Å². The molecule has 1 aliphatic rings. The molecule has 0 atom stereocenters. The van der Waals surface area contributed by atoms with Crippen LogP contribution in [0.15, 0.2) is 59.7 Å². The largest absolute Gasteiger partial charge is 0.418 e. The summed E-state index contributed by atoms with van der Waals surface area (Å²) in [6.07, 6.45) is 6.42. The molecule has 1 aliphatic heterocycles. The van der Waals surface area contributed by atoms with Crippen molar-refractivity contribution in [2.45, 2.75) is 0 Å². The Morgan fingerprint density at radius 1 is 1.10 bits per heavy atom. The molecule has 1 aromatic carbocycles. The van der Waals surface area contributed by atoms with Gasteiger partial charge < -0.3 is 20.0 Å². The molecule has 0 saturated carbocycles. The molecule has 4 aromatic rings. The van der Waals surface area contributed by atoms with Gasteiger partial charge in [0.05, 0.1) is 34.8 Å². The van der Waals surface area contributed by atoms with Crippen LogP contribution in [-0.4, -0.2) is 51.6 Å². The van der Waals surface area contributed by atoms with Crippen molar-refractivity contribution in [1.82, 2.24) is 24.8 Å². The number of pyridine rings is 1. The van der Waals surface area contributed by atoms with Gasteiger partial charge in [-0.3, -0.25) is 14.3 Å². The lowest BCUT2D eigenvalue weighted by atomic mass is 10.2. The molecule has 0 bridgehead atoms. The molecule has 9 heteroatoms. The third-order valence-corrected chi connectivity index (χ3v) is 4.88. The van der Waals surface area contributed by atoms with E-state index in [0.717, 1.165) is 42.9 Å². The summed E-state index contributed by atoms with van der Waals surface area (Å²) < 4.78 is 7.42. The van der Waals surface area contributed by atoms with Gasteiger partial charge in [-0.25, -0.2) is 9.97 Å². The predicted molar refractivity (Wildman–Crippen MR) is 108 cm³/mol. The van der Waals surface area contributed by atoms with Crippen LogP contribution in [0, 0.1) is 0 Å². The maximum absolute atomic E-state index is 12.8.